The molecule has 1 amide bonds. The molecule has 0 unspecified atom stereocenters. The van der Waals surface area contributed by atoms with Gasteiger partial charge in [-0.3, -0.25) is 4.79 Å². The molecule has 2 rings (SSSR count). The average molecular weight is 415 g/mol. The van der Waals surface area contributed by atoms with Crippen molar-refractivity contribution in [1.29, 1.82) is 0 Å². The van der Waals surface area contributed by atoms with E-state index < -0.39 is 11.9 Å². The second kappa shape index (κ2) is 9.26. The first-order valence-electron chi connectivity index (χ1n) is 8.01. The van der Waals surface area contributed by atoms with Gasteiger partial charge in [0.05, 0.1) is 32.8 Å². The summed E-state index contributed by atoms with van der Waals surface area (Å²) in [6.45, 7) is 4.49. The van der Waals surface area contributed by atoms with Crippen LogP contribution in [0.2, 0.25) is 15.1 Å². The highest BCUT2D eigenvalue weighted by molar-refractivity contribution is 6.46. The van der Waals surface area contributed by atoms with Crippen molar-refractivity contribution < 1.29 is 14.3 Å². The second-order valence-electron chi connectivity index (χ2n) is 6.07. The highest BCUT2D eigenvalue weighted by Crippen LogP contribution is 2.32. The van der Waals surface area contributed by atoms with Crippen molar-refractivity contribution in [2.75, 3.05) is 11.9 Å². The molecule has 0 atom stereocenters. The molecule has 7 heteroatoms. The molecule has 0 aliphatic rings. The number of rotatable bonds is 6. The van der Waals surface area contributed by atoms with Crippen molar-refractivity contribution in [3.63, 3.8) is 0 Å². The summed E-state index contributed by atoms with van der Waals surface area (Å²) < 4.78 is 5.20. The average Bonchev–Trinajstić information content (AvgIpc) is 2.59. The number of halogens is 3. The van der Waals surface area contributed by atoms with Gasteiger partial charge in [-0.05, 0) is 48.7 Å². The molecule has 4 nitrogen and oxygen atoms in total. The maximum Gasteiger partial charge on any atom is 0.338 e. The minimum atomic E-state index is -0.491. The van der Waals surface area contributed by atoms with Gasteiger partial charge in [0.25, 0.3) is 5.91 Å². The van der Waals surface area contributed by atoms with E-state index in [-0.39, 0.29) is 20.6 Å². The van der Waals surface area contributed by atoms with Crippen molar-refractivity contribution in [3.8, 4) is 0 Å². The predicted octanol–water partition coefficient (Wildman–Crippen LogP) is 6.10. The fourth-order valence-electron chi connectivity index (χ4n) is 2.09. The molecule has 2 aromatic rings. The van der Waals surface area contributed by atoms with E-state index in [2.05, 4.69) is 19.2 Å². The first-order chi connectivity index (χ1) is 12.3. The van der Waals surface area contributed by atoms with Gasteiger partial charge in [0.2, 0.25) is 0 Å². The number of hydrogen-bond acceptors (Lipinski definition) is 3. The van der Waals surface area contributed by atoms with E-state index >= 15 is 0 Å². The highest BCUT2D eigenvalue weighted by atomic mass is 35.5. The Morgan fingerprint density at radius 1 is 1.00 bits per heavy atom. The normalized spacial score (nSPS) is 10.7. The van der Waals surface area contributed by atoms with Gasteiger partial charge in [0.1, 0.15) is 0 Å². The van der Waals surface area contributed by atoms with Crippen LogP contribution in [0.4, 0.5) is 5.69 Å². The lowest BCUT2D eigenvalue weighted by atomic mass is 10.1. The molecule has 0 bridgehead atoms. The summed E-state index contributed by atoms with van der Waals surface area (Å²) in [4.78, 5) is 24.4. The number of ether oxygens (including phenoxy) is 1. The van der Waals surface area contributed by atoms with Gasteiger partial charge >= 0.3 is 5.97 Å². The molecule has 0 saturated heterocycles. The molecule has 0 heterocycles. The molecule has 0 fully saturated rings. The van der Waals surface area contributed by atoms with E-state index in [1.165, 1.54) is 12.1 Å². The Morgan fingerprint density at radius 3 is 2.23 bits per heavy atom. The van der Waals surface area contributed by atoms with E-state index in [1.54, 1.807) is 24.3 Å². The molecule has 0 aromatic heterocycles. The minimum Gasteiger partial charge on any atom is -0.462 e. The topological polar surface area (TPSA) is 55.4 Å². The van der Waals surface area contributed by atoms with Crippen LogP contribution in [0.1, 0.15) is 41.0 Å². The number of carbonyl (C=O) groups is 2. The van der Waals surface area contributed by atoms with Crippen LogP contribution in [0, 0.1) is 5.92 Å². The molecule has 1 N–H and O–H groups in total. The second-order valence-corrected chi connectivity index (χ2v) is 7.26. The maximum atomic E-state index is 12.4. The summed E-state index contributed by atoms with van der Waals surface area (Å²) >= 11 is 18.0. The lowest BCUT2D eigenvalue weighted by molar-refractivity contribution is 0.0488. The summed E-state index contributed by atoms with van der Waals surface area (Å²) in [5, 5.41) is 3.19. The van der Waals surface area contributed by atoms with Gasteiger partial charge < -0.3 is 10.1 Å². The number of anilines is 1. The minimum absolute atomic E-state index is 0.0852. The Labute approximate surface area is 167 Å². The Bertz CT molecular complexity index is 804. The zero-order valence-corrected chi connectivity index (χ0v) is 16.6. The Balaban J connectivity index is 2.04. The zero-order chi connectivity index (χ0) is 19.3. The SMILES string of the molecule is CC(C)CCOC(=O)c1ccc(NC(=O)c2c(Cl)ccc(Cl)c2Cl)cc1. The number of benzene rings is 2. The highest BCUT2D eigenvalue weighted by Gasteiger charge is 2.17. The Kier molecular flexibility index (Phi) is 7.33. The maximum absolute atomic E-state index is 12.4. The summed E-state index contributed by atoms with van der Waals surface area (Å²) in [6.07, 6.45) is 0.807. The summed E-state index contributed by atoms with van der Waals surface area (Å²) in [5.74, 6) is -0.426. The van der Waals surface area contributed by atoms with Crippen LogP contribution in [0.3, 0.4) is 0 Å². The summed E-state index contributed by atoms with van der Waals surface area (Å²) in [5.41, 5.74) is 0.990. The number of hydrogen-bond donors (Lipinski definition) is 1. The molecule has 0 spiro atoms. The fourth-order valence-corrected chi connectivity index (χ4v) is 2.79. The molecule has 0 saturated carbocycles. The van der Waals surface area contributed by atoms with E-state index in [4.69, 9.17) is 39.5 Å². The predicted molar refractivity (Wildman–Crippen MR) is 106 cm³/mol. The monoisotopic (exact) mass is 413 g/mol. The molecular formula is C19H18Cl3NO3. The van der Waals surface area contributed by atoms with Crippen molar-refractivity contribution >= 4 is 52.4 Å². The molecule has 2 aromatic carbocycles. The lowest BCUT2D eigenvalue weighted by Gasteiger charge is -2.10. The number of nitrogens with one attached hydrogen (secondary N) is 1. The number of amides is 1. The van der Waals surface area contributed by atoms with E-state index in [1.807, 2.05) is 0 Å². The lowest BCUT2D eigenvalue weighted by Crippen LogP contribution is -2.13. The number of carbonyl (C=O) groups excluding carboxylic acids is 2. The van der Waals surface area contributed by atoms with Crippen molar-refractivity contribution in [1.82, 2.24) is 0 Å². The fraction of sp³-hybridized carbons (Fsp3) is 0.263. The largest absolute Gasteiger partial charge is 0.462 e. The summed E-state index contributed by atoms with van der Waals surface area (Å²) in [6, 6.07) is 9.37. The van der Waals surface area contributed by atoms with Gasteiger partial charge in [-0.2, -0.15) is 0 Å². The van der Waals surface area contributed by atoms with Gasteiger partial charge in [-0.15, -0.1) is 0 Å². The molecular weight excluding hydrogens is 397 g/mol. The quantitative estimate of drug-likeness (QED) is 0.459. The first-order valence-corrected chi connectivity index (χ1v) is 9.15. The molecule has 0 aliphatic carbocycles. The molecule has 0 aliphatic heterocycles. The number of esters is 1. The summed E-state index contributed by atoms with van der Waals surface area (Å²) in [7, 11) is 0. The van der Waals surface area contributed by atoms with Crippen LogP contribution in [-0.2, 0) is 4.74 Å². The third-order valence-electron chi connectivity index (χ3n) is 3.58. The standard InChI is InChI=1S/C19H18Cl3NO3/c1-11(2)9-10-26-19(25)12-3-5-13(6-4-12)23-18(24)16-14(20)7-8-15(21)17(16)22/h3-8,11H,9-10H2,1-2H3,(H,23,24). The van der Waals surface area contributed by atoms with E-state index in [0.717, 1.165) is 6.42 Å². The Hall–Kier alpha value is -1.75. The van der Waals surface area contributed by atoms with E-state index in [0.29, 0.717) is 23.8 Å². The smallest absolute Gasteiger partial charge is 0.338 e. The third-order valence-corrected chi connectivity index (χ3v) is 4.70. The van der Waals surface area contributed by atoms with Crippen LogP contribution >= 0.6 is 34.8 Å². The van der Waals surface area contributed by atoms with Crippen LogP contribution in [-0.4, -0.2) is 18.5 Å². The van der Waals surface area contributed by atoms with Crippen molar-refractivity contribution in [2.24, 2.45) is 5.92 Å². The van der Waals surface area contributed by atoms with Crippen LogP contribution < -0.4 is 5.32 Å². The van der Waals surface area contributed by atoms with Gasteiger partial charge in [0.15, 0.2) is 0 Å². The molecule has 26 heavy (non-hydrogen) atoms. The first kappa shape index (κ1) is 20.6. The van der Waals surface area contributed by atoms with Crippen molar-refractivity contribution in [3.05, 3.63) is 62.6 Å². The van der Waals surface area contributed by atoms with Crippen molar-refractivity contribution in [2.45, 2.75) is 20.3 Å². The molecule has 0 radical (unpaired) electrons. The van der Waals surface area contributed by atoms with Crippen LogP contribution in [0.25, 0.3) is 0 Å². The van der Waals surface area contributed by atoms with Gasteiger partial charge in [-0.1, -0.05) is 48.7 Å². The third kappa shape index (κ3) is 5.37. The molecule has 138 valence electrons. The van der Waals surface area contributed by atoms with Crippen LogP contribution in [0.5, 0.6) is 0 Å². The van der Waals surface area contributed by atoms with E-state index in [9.17, 15) is 9.59 Å². The van der Waals surface area contributed by atoms with Gasteiger partial charge in [0, 0.05) is 5.69 Å². The Morgan fingerprint density at radius 2 is 1.62 bits per heavy atom. The van der Waals surface area contributed by atoms with Crippen LogP contribution in [0.15, 0.2) is 36.4 Å². The zero-order valence-electron chi connectivity index (χ0n) is 14.3. The van der Waals surface area contributed by atoms with Gasteiger partial charge in [-0.25, -0.2) is 4.79 Å².